The lowest BCUT2D eigenvalue weighted by atomic mass is 10.3. The van der Waals surface area contributed by atoms with Crippen molar-refractivity contribution in [1.82, 2.24) is 4.98 Å². The Morgan fingerprint density at radius 2 is 2.60 bits per heavy atom. The van der Waals surface area contributed by atoms with Gasteiger partial charge < -0.3 is 10.8 Å². The number of aromatic nitrogens is 1. The molecule has 10 heavy (non-hydrogen) atoms. The number of aliphatic hydroxyl groups is 1. The fourth-order valence-corrected chi connectivity index (χ4v) is 1.43. The molecular weight excluding hydrogens is 148 g/mol. The molecular formula is C6H10N2OS. The lowest BCUT2D eigenvalue weighted by Crippen LogP contribution is -2.09. The van der Waals surface area contributed by atoms with Gasteiger partial charge in [0.15, 0.2) is 0 Å². The predicted molar refractivity (Wildman–Crippen MR) is 40.9 cm³/mol. The second-order valence-corrected chi connectivity index (χ2v) is 3.30. The van der Waals surface area contributed by atoms with E-state index in [0.717, 1.165) is 9.88 Å². The summed E-state index contributed by atoms with van der Waals surface area (Å²) in [6, 6.07) is 0. The molecule has 0 aliphatic rings. The zero-order valence-electron chi connectivity index (χ0n) is 5.74. The molecule has 3 nitrogen and oxygen atoms in total. The van der Waals surface area contributed by atoms with Crippen molar-refractivity contribution in [3.8, 4) is 0 Å². The van der Waals surface area contributed by atoms with Crippen LogP contribution in [0.25, 0.3) is 0 Å². The first kappa shape index (κ1) is 7.65. The Hall–Kier alpha value is -0.450. The Kier molecular flexibility index (Phi) is 2.37. The molecule has 0 bridgehead atoms. The summed E-state index contributed by atoms with van der Waals surface area (Å²) in [5.41, 5.74) is 5.24. The molecule has 0 spiro atoms. The summed E-state index contributed by atoms with van der Waals surface area (Å²) in [5, 5.41) is 10.1. The Bertz CT molecular complexity index is 211. The van der Waals surface area contributed by atoms with Gasteiger partial charge in [-0.25, -0.2) is 4.98 Å². The molecule has 0 saturated heterocycles. The molecule has 1 rings (SSSR count). The zero-order valence-corrected chi connectivity index (χ0v) is 6.56. The average Bonchev–Trinajstić information content (AvgIpc) is 2.34. The molecule has 3 N–H and O–H groups in total. The number of hydrogen-bond donors (Lipinski definition) is 2. The fourth-order valence-electron chi connectivity index (χ4n) is 0.648. The van der Waals surface area contributed by atoms with Crippen LogP contribution >= 0.6 is 11.3 Å². The SMILES string of the molecule is Cc1ncc([C@@H](O)CN)s1. The van der Waals surface area contributed by atoms with Gasteiger partial charge in [0.25, 0.3) is 0 Å². The Morgan fingerprint density at radius 3 is 3.00 bits per heavy atom. The molecule has 0 aromatic carbocycles. The topological polar surface area (TPSA) is 59.1 Å². The smallest absolute Gasteiger partial charge is 0.102 e. The minimum Gasteiger partial charge on any atom is -0.386 e. The maximum absolute atomic E-state index is 9.19. The minimum atomic E-state index is -0.536. The number of thiazole rings is 1. The van der Waals surface area contributed by atoms with Crippen LogP contribution in [-0.4, -0.2) is 16.6 Å². The van der Waals surface area contributed by atoms with Crippen molar-refractivity contribution in [3.63, 3.8) is 0 Å². The van der Waals surface area contributed by atoms with Gasteiger partial charge in [0, 0.05) is 12.7 Å². The molecule has 0 aliphatic carbocycles. The van der Waals surface area contributed by atoms with Gasteiger partial charge in [0.05, 0.1) is 9.88 Å². The largest absolute Gasteiger partial charge is 0.386 e. The van der Waals surface area contributed by atoms with Gasteiger partial charge >= 0.3 is 0 Å². The zero-order chi connectivity index (χ0) is 7.56. The molecule has 0 aliphatic heterocycles. The molecule has 0 fully saturated rings. The highest BCUT2D eigenvalue weighted by molar-refractivity contribution is 7.11. The van der Waals surface area contributed by atoms with Crippen molar-refractivity contribution in [3.05, 3.63) is 16.1 Å². The number of rotatable bonds is 2. The second-order valence-electron chi connectivity index (χ2n) is 2.03. The van der Waals surface area contributed by atoms with E-state index in [-0.39, 0.29) is 6.54 Å². The lowest BCUT2D eigenvalue weighted by molar-refractivity contribution is 0.190. The van der Waals surface area contributed by atoms with Crippen LogP contribution in [0.1, 0.15) is 16.0 Å². The predicted octanol–water partition coefficient (Wildman–Crippen LogP) is 0.444. The van der Waals surface area contributed by atoms with Crippen LogP contribution in [-0.2, 0) is 0 Å². The van der Waals surface area contributed by atoms with Crippen LogP contribution in [0.5, 0.6) is 0 Å². The van der Waals surface area contributed by atoms with Crippen LogP contribution in [0.2, 0.25) is 0 Å². The summed E-state index contributed by atoms with van der Waals surface area (Å²) in [5.74, 6) is 0. The van der Waals surface area contributed by atoms with Gasteiger partial charge in [0.2, 0.25) is 0 Å². The summed E-state index contributed by atoms with van der Waals surface area (Å²) in [6.07, 6.45) is 1.13. The maximum Gasteiger partial charge on any atom is 0.102 e. The van der Waals surface area contributed by atoms with E-state index in [4.69, 9.17) is 5.73 Å². The van der Waals surface area contributed by atoms with E-state index in [9.17, 15) is 5.11 Å². The molecule has 0 unspecified atom stereocenters. The molecule has 56 valence electrons. The minimum absolute atomic E-state index is 0.266. The van der Waals surface area contributed by atoms with Crippen LogP contribution < -0.4 is 5.73 Å². The van der Waals surface area contributed by atoms with Gasteiger partial charge in [-0.1, -0.05) is 0 Å². The third-order valence-corrected chi connectivity index (χ3v) is 2.20. The summed E-state index contributed by atoms with van der Waals surface area (Å²) >= 11 is 1.48. The molecule has 1 aromatic rings. The highest BCUT2D eigenvalue weighted by atomic mass is 32.1. The van der Waals surface area contributed by atoms with Gasteiger partial charge in [0.1, 0.15) is 6.10 Å². The van der Waals surface area contributed by atoms with Crippen molar-refractivity contribution in [2.75, 3.05) is 6.54 Å². The van der Waals surface area contributed by atoms with E-state index in [1.807, 2.05) is 6.92 Å². The van der Waals surface area contributed by atoms with Crippen molar-refractivity contribution in [2.45, 2.75) is 13.0 Å². The van der Waals surface area contributed by atoms with Crippen LogP contribution in [0.3, 0.4) is 0 Å². The van der Waals surface area contributed by atoms with Crippen molar-refractivity contribution in [1.29, 1.82) is 0 Å². The van der Waals surface area contributed by atoms with Crippen LogP contribution in [0.15, 0.2) is 6.20 Å². The molecule has 1 aromatic heterocycles. The Morgan fingerprint density at radius 1 is 1.90 bits per heavy atom. The number of aryl methyl sites for hydroxylation is 1. The quantitative estimate of drug-likeness (QED) is 0.656. The fraction of sp³-hybridized carbons (Fsp3) is 0.500. The monoisotopic (exact) mass is 158 g/mol. The molecule has 0 amide bonds. The Balaban J connectivity index is 2.74. The third-order valence-electron chi connectivity index (χ3n) is 1.19. The van der Waals surface area contributed by atoms with Crippen molar-refractivity contribution in [2.24, 2.45) is 5.73 Å². The van der Waals surface area contributed by atoms with Gasteiger partial charge in [-0.2, -0.15) is 0 Å². The maximum atomic E-state index is 9.19. The van der Waals surface area contributed by atoms with Crippen LogP contribution in [0, 0.1) is 6.92 Å². The summed E-state index contributed by atoms with van der Waals surface area (Å²) < 4.78 is 0. The first-order valence-electron chi connectivity index (χ1n) is 3.04. The van der Waals surface area contributed by atoms with Crippen LogP contribution in [0.4, 0.5) is 0 Å². The second kappa shape index (κ2) is 3.09. The van der Waals surface area contributed by atoms with Gasteiger partial charge in [-0.05, 0) is 6.92 Å². The van der Waals surface area contributed by atoms with Gasteiger partial charge in [-0.15, -0.1) is 11.3 Å². The number of nitrogens with zero attached hydrogens (tertiary/aromatic N) is 1. The number of aliphatic hydroxyl groups excluding tert-OH is 1. The molecule has 4 heteroatoms. The lowest BCUT2D eigenvalue weighted by Gasteiger charge is -2.00. The number of hydrogen-bond acceptors (Lipinski definition) is 4. The van der Waals surface area contributed by atoms with E-state index in [1.54, 1.807) is 6.20 Å². The summed E-state index contributed by atoms with van der Waals surface area (Å²) in [4.78, 5) is 4.84. The first-order valence-corrected chi connectivity index (χ1v) is 3.86. The average molecular weight is 158 g/mol. The van der Waals surface area contributed by atoms with E-state index in [2.05, 4.69) is 4.98 Å². The normalized spacial score (nSPS) is 13.5. The third kappa shape index (κ3) is 1.53. The van der Waals surface area contributed by atoms with E-state index in [1.165, 1.54) is 11.3 Å². The van der Waals surface area contributed by atoms with E-state index >= 15 is 0 Å². The standard InChI is InChI=1S/C6H10N2OS/c1-4-8-3-6(10-4)5(9)2-7/h3,5,9H,2,7H2,1H3/t5-/m0/s1. The van der Waals surface area contributed by atoms with E-state index < -0.39 is 6.10 Å². The van der Waals surface area contributed by atoms with Crippen molar-refractivity contribution >= 4 is 11.3 Å². The number of nitrogens with two attached hydrogens (primary N) is 1. The Labute approximate surface area is 63.5 Å². The summed E-state index contributed by atoms with van der Waals surface area (Å²) in [6.45, 7) is 2.17. The summed E-state index contributed by atoms with van der Waals surface area (Å²) in [7, 11) is 0. The van der Waals surface area contributed by atoms with Crippen molar-refractivity contribution < 1.29 is 5.11 Å². The van der Waals surface area contributed by atoms with E-state index in [0.29, 0.717) is 0 Å². The molecule has 1 atom stereocenters. The highest BCUT2D eigenvalue weighted by Crippen LogP contribution is 2.18. The molecule has 1 heterocycles. The highest BCUT2D eigenvalue weighted by Gasteiger charge is 2.06. The molecule has 0 saturated carbocycles. The van der Waals surface area contributed by atoms with Gasteiger partial charge in [-0.3, -0.25) is 0 Å². The molecule has 0 radical (unpaired) electrons. The first-order chi connectivity index (χ1) is 4.74.